The number of anilines is 1. The first-order valence-electron chi connectivity index (χ1n) is 6.07. The van der Waals surface area contributed by atoms with Gasteiger partial charge in [-0.05, 0) is 25.5 Å². The number of aliphatic hydroxyl groups excluding tert-OH is 1. The van der Waals surface area contributed by atoms with Crippen LogP contribution in [-0.2, 0) is 4.74 Å². The van der Waals surface area contributed by atoms with Crippen molar-refractivity contribution in [3.05, 3.63) is 23.4 Å². The van der Waals surface area contributed by atoms with Crippen LogP contribution in [-0.4, -0.2) is 42.9 Å². The molecule has 0 aliphatic carbocycles. The van der Waals surface area contributed by atoms with E-state index < -0.39 is 0 Å². The first kappa shape index (κ1) is 12.8. The van der Waals surface area contributed by atoms with E-state index >= 15 is 0 Å². The van der Waals surface area contributed by atoms with Crippen LogP contribution in [0.25, 0.3) is 0 Å². The molecule has 2 rings (SSSR count). The predicted molar refractivity (Wildman–Crippen MR) is 67.7 cm³/mol. The second-order valence-corrected chi connectivity index (χ2v) is 4.58. The number of ether oxygens (including phenoxy) is 1. The molecule has 0 bridgehead atoms. The largest absolute Gasteiger partial charge is 0.465 e. The third-order valence-electron chi connectivity index (χ3n) is 3.34. The molecular formula is C13H18N2O3. The van der Waals surface area contributed by atoms with Crippen LogP contribution in [0.4, 0.5) is 5.82 Å². The van der Waals surface area contributed by atoms with E-state index in [4.69, 9.17) is 9.84 Å². The predicted octanol–water partition coefficient (Wildman–Crippen LogP) is 0.995. The zero-order valence-electron chi connectivity index (χ0n) is 10.7. The average Bonchev–Trinajstić information content (AvgIpc) is 2.86. The van der Waals surface area contributed by atoms with Crippen LogP contribution >= 0.6 is 0 Å². The lowest BCUT2D eigenvalue weighted by atomic mass is 10.1. The molecule has 1 saturated heterocycles. The van der Waals surface area contributed by atoms with Crippen molar-refractivity contribution >= 4 is 11.8 Å². The minimum atomic E-state index is -0.360. The number of aromatic nitrogens is 1. The van der Waals surface area contributed by atoms with Crippen molar-refractivity contribution in [3.8, 4) is 0 Å². The van der Waals surface area contributed by atoms with E-state index in [1.807, 2.05) is 6.07 Å². The highest BCUT2D eigenvalue weighted by Gasteiger charge is 2.23. The van der Waals surface area contributed by atoms with Gasteiger partial charge in [-0.25, -0.2) is 9.78 Å². The molecule has 0 saturated carbocycles. The Kier molecular flexibility index (Phi) is 3.81. The maximum absolute atomic E-state index is 11.5. The number of pyridine rings is 1. The summed E-state index contributed by atoms with van der Waals surface area (Å²) in [5, 5.41) is 9.13. The van der Waals surface area contributed by atoms with Gasteiger partial charge in [-0.2, -0.15) is 0 Å². The number of esters is 1. The SMILES string of the molecule is COC(=O)c1ccc(N2CCC(CO)C2)nc1C. The van der Waals surface area contributed by atoms with Gasteiger partial charge in [0.25, 0.3) is 0 Å². The summed E-state index contributed by atoms with van der Waals surface area (Å²) >= 11 is 0. The third-order valence-corrected chi connectivity index (χ3v) is 3.34. The molecule has 1 unspecified atom stereocenters. The van der Waals surface area contributed by atoms with Gasteiger partial charge < -0.3 is 14.7 Å². The third kappa shape index (κ3) is 2.46. The van der Waals surface area contributed by atoms with Crippen LogP contribution in [0.3, 0.4) is 0 Å². The lowest BCUT2D eigenvalue weighted by molar-refractivity contribution is 0.0599. The summed E-state index contributed by atoms with van der Waals surface area (Å²) in [6, 6.07) is 3.58. The quantitative estimate of drug-likeness (QED) is 0.811. The Morgan fingerprint density at radius 1 is 1.61 bits per heavy atom. The molecular weight excluding hydrogens is 232 g/mol. The molecule has 98 valence electrons. The molecule has 0 spiro atoms. The van der Waals surface area contributed by atoms with Gasteiger partial charge in [0.05, 0.1) is 18.4 Å². The highest BCUT2D eigenvalue weighted by molar-refractivity contribution is 5.90. The van der Waals surface area contributed by atoms with Gasteiger partial charge in [0.1, 0.15) is 5.82 Å². The van der Waals surface area contributed by atoms with Crippen molar-refractivity contribution in [1.29, 1.82) is 0 Å². The van der Waals surface area contributed by atoms with Gasteiger partial charge in [0, 0.05) is 25.6 Å². The van der Waals surface area contributed by atoms with Gasteiger partial charge in [-0.3, -0.25) is 0 Å². The summed E-state index contributed by atoms with van der Waals surface area (Å²) in [7, 11) is 1.36. The molecule has 1 atom stereocenters. The molecule has 1 aliphatic rings. The standard InChI is InChI=1S/C13H18N2O3/c1-9-11(13(17)18-2)3-4-12(14-9)15-6-5-10(7-15)8-16/h3-4,10,16H,5-8H2,1-2H3. The Balaban J connectivity index is 2.17. The number of methoxy groups -OCH3 is 1. The van der Waals surface area contributed by atoms with Crippen LogP contribution in [0.5, 0.6) is 0 Å². The van der Waals surface area contributed by atoms with Crippen molar-refractivity contribution in [2.75, 3.05) is 31.7 Å². The average molecular weight is 250 g/mol. The Hall–Kier alpha value is -1.62. The fraction of sp³-hybridized carbons (Fsp3) is 0.538. The van der Waals surface area contributed by atoms with Crippen molar-refractivity contribution in [1.82, 2.24) is 4.98 Å². The number of rotatable bonds is 3. The number of nitrogens with zero attached hydrogens (tertiary/aromatic N) is 2. The number of carbonyl (C=O) groups excluding carboxylic acids is 1. The summed E-state index contributed by atoms with van der Waals surface area (Å²) in [5.41, 5.74) is 1.17. The van der Waals surface area contributed by atoms with Crippen LogP contribution in [0.2, 0.25) is 0 Å². The number of aliphatic hydroxyl groups is 1. The van der Waals surface area contributed by atoms with Gasteiger partial charge in [0.2, 0.25) is 0 Å². The van der Waals surface area contributed by atoms with E-state index in [1.54, 1.807) is 13.0 Å². The monoisotopic (exact) mass is 250 g/mol. The van der Waals surface area contributed by atoms with Crippen molar-refractivity contribution in [3.63, 3.8) is 0 Å². The fourth-order valence-electron chi connectivity index (χ4n) is 2.24. The van der Waals surface area contributed by atoms with E-state index in [0.29, 0.717) is 17.2 Å². The van der Waals surface area contributed by atoms with Crippen molar-refractivity contribution in [2.24, 2.45) is 5.92 Å². The van der Waals surface area contributed by atoms with Crippen molar-refractivity contribution in [2.45, 2.75) is 13.3 Å². The molecule has 2 heterocycles. The molecule has 1 N–H and O–H groups in total. The highest BCUT2D eigenvalue weighted by Crippen LogP contribution is 2.23. The van der Waals surface area contributed by atoms with E-state index in [-0.39, 0.29) is 12.6 Å². The van der Waals surface area contributed by atoms with Crippen LogP contribution in [0.1, 0.15) is 22.5 Å². The number of aryl methyl sites for hydroxylation is 1. The van der Waals surface area contributed by atoms with Crippen LogP contribution < -0.4 is 4.90 Å². The van der Waals surface area contributed by atoms with Gasteiger partial charge in [0.15, 0.2) is 0 Å². The summed E-state index contributed by atoms with van der Waals surface area (Å²) < 4.78 is 4.69. The second kappa shape index (κ2) is 5.35. The molecule has 5 heteroatoms. The zero-order valence-corrected chi connectivity index (χ0v) is 10.7. The Bertz CT molecular complexity index is 448. The molecule has 18 heavy (non-hydrogen) atoms. The Morgan fingerprint density at radius 2 is 2.39 bits per heavy atom. The normalized spacial score (nSPS) is 19.1. The zero-order chi connectivity index (χ0) is 13.1. The maximum Gasteiger partial charge on any atom is 0.339 e. The van der Waals surface area contributed by atoms with E-state index in [9.17, 15) is 4.79 Å². The van der Waals surface area contributed by atoms with Gasteiger partial charge in [-0.1, -0.05) is 0 Å². The summed E-state index contributed by atoms with van der Waals surface area (Å²) in [5.74, 6) is 0.824. The lowest BCUT2D eigenvalue weighted by Gasteiger charge is -2.18. The van der Waals surface area contributed by atoms with Crippen molar-refractivity contribution < 1.29 is 14.6 Å². The Labute approximate surface area is 106 Å². The maximum atomic E-state index is 11.5. The molecule has 1 aliphatic heterocycles. The number of hydrogen-bond donors (Lipinski definition) is 1. The minimum Gasteiger partial charge on any atom is -0.465 e. The molecule has 1 aromatic rings. The lowest BCUT2D eigenvalue weighted by Crippen LogP contribution is -2.22. The second-order valence-electron chi connectivity index (χ2n) is 4.58. The van der Waals surface area contributed by atoms with Gasteiger partial charge in [-0.15, -0.1) is 0 Å². The molecule has 1 aromatic heterocycles. The molecule has 5 nitrogen and oxygen atoms in total. The summed E-state index contributed by atoms with van der Waals surface area (Å²) in [4.78, 5) is 18.0. The van der Waals surface area contributed by atoms with E-state index in [2.05, 4.69) is 9.88 Å². The topological polar surface area (TPSA) is 62.7 Å². The van der Waals surface area contributed by atoms with E-state index in [1.165, 1.54) is 7.11 Å². The van der Waals surface area contributed by atoms with E-state index in [0.717, 1.165) is 25.3 Å². The summed E-state index contributed by atoms with van der Waals surface area (Å²) in [6.45, 7) is 3.74. The molecule has 0 amide bonds. The first-order chi connectivity index (χ1) is 8.65. The smallest absolute Gasteiger partial charge is 0.339 e. The highest BCUT2D eigenvalue weighted by atomic mass is 16.5. The molecule has 0 radical (unpaired) electrons. The molecule has 0 aromatic carbocycles. The fourth-order valence-corrected chi connectivity index (χ4v) is 2.24. The van der Waals surface area contributed by atoms with Crippen LogP contribution in [0, 0.1) is 12.8 Å². The first-order valence-corrected chi connectivity index (χ1v) is 6.07. The molecule has 1 fully saturated rings. The summed E-state index contributed by atoms with van der Waals surface area (Å²) in [6.07, 6.45) is 0.982. The van der Waals surface area contributed by atoms with Crippen LogP contribution in [0.15, 0.2) is 12.1 Å². The van der Waals surface area contributed by atoms with Gasteiger partial charge >= 0.3 is 5.97 Å². The minimum absolute atomic E-state index is 0.218. The number of hydrogen-bond acceptors (Lipinski definition) is 5. The number of carbonyl (C=O) groups is 1. The Morgan fingerprint density at radius 3 is 2.94 bits per heavy atom.